The summed E-state index contributed by atoms with van der Waals surface area (Å²) in [6, 6.07) is 0. The van der Waals surface area contributed by atoms with Crippen LogP contribution in [-0.2, 0) is 4.84 Å². The van der Waals surface area contributed by atoms with Crippen molar-refractivity contribution in [3.05, 3.63) is 0 Å². The van der Waals surface area contributed by atoms with Crippen LogP contribution in [0.4, 0.5) is 0 Å². The first-order valence-electron chi connectivity index (χ1n) is 3.94. The molecule has 0 aromatic carbocycles. The van der Waals surface area contributed by atoms with Crippen molar-refractivity contribution in [3.8, 4) is 0 Å². The summed E-state index contributed by atoms with van der Waals surface area (Å²) >= 11 is 0. The molecule has 0 unspecified atom stereocenters. The zero-order valence-electron chi connectivity index (χ0n) is 6.99. The number of hydrogen-bond donors (Lipinski definition) is 2. The Labute approximate surface area is 67.3 Å². The Kier molecular flexibility index (Phi) is 7.83. The van der Waals surface area contributed by atoms with Crippen molar-refractivity contribution < 1.29 is 15.1 Å². The van der Waals surface area contributed by atoms with E-state index in [1.54, 1.807) is 5.06 Å². The maximum absolute atomic E-state index is 8.56. The van der Waals surface area contributed by atoms with Crippen molar-refractivity contribution in [1.82, 2.24) is 5.06 Å². The van der Waals surface area contributed by atoms with Crippen molar-refractivity contribution >= 4 is 0 Å². The molecule has 0 aliphatic heterocycles. The molecule has 0 aromatic heterocycles. The highest BCUT2D eigenvalue weighted by Crippen LogP contribution is 1.90. The molecule has 2 N–H and O–H groups in total. The van der Waals surface area contributed by atoms with Crippen LogP contribution in [0.3, 0.4) is 0 Å². The van der Waals surface area contributed by atoms with Crippen LogP contribution in [-0.4, -0.2) is 48.2 Å². The first-order chi connectivity index (χ1) is 5.35. The van der Waals surface area contributed by atoms with Gasteiger partial charge in [-0.25, -0.2) is 0 Å². The lowest BCUT2D eigenvalue weighted by Gasteiger charge is -2.18. The number of hydrogen-bond acceptors (Lipinski definition) is 4. The molecule has 0 rings (SSSR count). The van der Waals surface area contributed by atoms with Gasteiger partial charge in [0.2, 0.25) is 0 Å². The lowest BCUT2D eigenvalue weighted by atomic mass is 10.5. The molecule has 0 saturated carbocycles. The molecular formula is C7H17NO3. The summed E-state index contributed by atoms with van der Waals surface area (Å²) in [5, 5.41) is 18.7. The Morgan fingerprint density at radius 2 is 1.73 bits per heavy atom. The van der Waals surface area contributed by atoms with E-state index in [0.717, 1.165) is 6.42 Å². The second-order valence-electron chi connectivity index (χ2n) is 2.21. The van der Waals surface area contributed by atoms with E-state index in [2.05, 4.69) is 0 Å². The minimum Gasteiger partial charge on any atom is -0.395 e. The number of nitrogens with zero attached hydrogens (tertiary/aromatic N) is 1. The molecule has 0 bridgehead atoms. The smallest absolute Gasteiger partial charge is 0.0682 e. The summed E-state index contributed by atoms with van der Waals surface area (Å²) in [6.07, 6.45) is 0.938. The molecular weight excluding hydrogens is 146 g/mol. The maximum Gasteiger partial charge on any atom is 0.0682 e. The van der Waals surface area contributed by atoms with Gasteiger partial charge in [-0.2, -0.15) is 5.06 Å². The topological polar surface area (TPSA) is 52.9 Å². The van der Waals surface area contributed by atoms with E-state index < -0.39 is 0 Å². The lowest BCUT2D eigenvalue weighted by Crippen LogP contribution is -2.30. The van der Waals surface area contributed by atoms with E-state index in [1.807, 2.05) is 6.92 Å². The molecule has 0 fully saturated rings. The van der Waals surface area contributed by atoms with Gasteiger partial charge in [0.05, 0.1) is 19.8 Å². The maximum atomic E-state index is 8.56. The highest BCUT2D eigenvalue weighted by Gasteiger charge is 2.01. The fraction of sp³-hybridized carbons (Fsp3) is 1.00. The van der Waals surface area contributed by atoms with E-state index in [4.69, 9.17) is 15.1 Å². The largest absolute Gasteiger partial charge is 0.395 e. The summed E-state index contributed by atoms with van der Waals surface area (Å²) in [7, 11) is 0. The molecule has 0 aromatic rings. The normalized spacial score (nSPS) is 10.9. The van der Waals surface area contributed by atoms with Crippen LogP contribution in [0.5, 0.6) is 0 Å². The molecule has 0 amide bonds. The summed E-state index contributed by atoms with van der Waals surface area (Å²) in [5.74, 6) is 0. The number of hydroxylamine groups is 2. The number of aliphatic hydroxyl groups excluding tert-OH is 2. The van der Waals surface area contributed by atoms with Crippen molar-refractivity contribution in [3.63, 3.8) is 0 Å². The van der Waals surface area contributed by atoms with Gasteiger partial charge in [-0.1, -0.05) is 6.92 Å². The average Bonchev–Trinajstić information content (AvgIpc) is 2.01. The Morgan fingerprint density at radius 1 is 1.18 bits per heavy atom. The van der Waals surface area contributed by atoms with Crippen LogP contribution in [0.2, 0.25) is 0 Å². The molecule has 0 saturated heterocycles. The van der Waals surface area contributed by atoms with Crippen LogP contribution in [0.15, 0.2) is 0 Å². The average molecular weight is 163 g/mol. The summed E-state index contributed by atoms with van der Waals surface area (Å²) in [4.78, 5) is 5.19. The first kappa shape index (κ1) is 10.8. The Bertz CT molecular complexity index is 74.1. The highest BCUT2D eigenvalue weighted by atomic mass is 16.7. The summed E-state index contributed by atoms with van der Waals surface area (Å²) in [5.41, 5.74) is 0. The van der Waals surface area contributed by atoms with Crippen molar-refractivity contribution in [1.29, 1.82) is 0 Å². The Balaban J connectivity index is 3.34. The molecule has 0 atom stereocenters. The second kappa shape index (κ2) is 7.94. The van der Waals surface area contributed by atoms with E-state index in [1.165, 1.54) is 0 Å². The van der Waals surface area contributed by atoms with Crippen LogP contribution >= 0.6 is 0 Å². The molecule has 4 nitrogen and oxygen atoms in total. The van der Waals surface area contributed by atoms with Gasteiger partial charge >= 0.3 is 0 Å². The van der Waals surface area contributed by atoms with Gasteiger partial charge in [0.25, 0.3) is 0 Å². The SMILES string of the molecule is CCCON(CCO)CCO. The molecule has 68 valence electrons. The second-order valence-corrected chi connectivity index (χ2v) is 2.21. The van der Waals surface area contributed by atoms with Gasteiger partial charge in [-0.15, -0.1) is 0 Å². The van der Waals surface area contributed by atoms with Gasteiger partial charge in [-0.3, -0.25) is 4.84 Å². The van der Waals surface area contributed by atoms with Crippen LogP contribution < -0.4 is 0 Å². The summed E-state index contributed by atoms with van der Waals surface area (Å²) in [6.45, 7) is 3.69. The third-order valence-corrected chi connectivity index (χ3v) is 1.18. The monoisotopic (exact) mass is 163 g/mol. The van der Waals surface area contributed by atoms with E-state index >= 15 is 0 Å². The van der Waals surface area contributed by atoms with Gasteiger partial charge in [0.1, 0.15) is 0 Å². The van der Waals surface area contributed by atoms with Gasteiger partial charge in [0.15, 0.2) is 0 Å². The van der Waals surface area contributed by atoms with Gasteiger partial charge < -0.3 is 10.2 Å². The molecule has 4 heteroatoms. The van der Waals surface area contributed by atoms with Crippen LogP contribution in [0, 0.1) is 0 Å². The fourth-order valence-corrected chi connectivity index (χ4v) is 0.684. The quantitative estimate of drug-likeness (QED) is 0.502. The highest BCUT2D eigenvalue weighted by molar-refractivity contribution is 4.42. The van der Waals surface area contributed by atoms with E-state index in [0.29, 0.717) is 19.7 Å². The van der Waals surface area contributed by atoms with Crippen molar-refractivity contribution in [2.75, 3.05) is 32.9 Å². The molecule has 11 heavy (non-hydrogen) atoms. The molecule has 0 radical (unpaired) electrons. The van der Waals surface area contributed by atoms with Crippen molar-refractivity contribution in [2.24, 2.45) is 0 Å². The van der Waals surface area contributed by atoms with Gasteiger partial charge in [-0.05, 0) is 6.42 Å². The minimum atomic E-state index is 0.0592. The summed E-state index contributed by atoms with van der Waals surface area (Å²) < 4.78 is 0. The van der Waals surface area contributed by atoms with Crippen molar-refractivity contribution in [2.45, 2.75) is 13.3 Å². The zero-order valence-corrected chi connectivity index (χ0v) is 6.99. The first-order valence-corrected chi connectivity index (χ1v) is 3.94. The minimum absolute atomic E-state index is 0.0592. The third-order valence-electron chi connectivity index (χ3n) is 1.18. The Hall–Kier alpha value is -0.160. The lowest BCUT2D eigenvalue weighted by molar-refractivity contribution is -0.168. The zero-order chi connectivity index (χ0) is 8.53. The molecule has 0 aliphatic rings. The van der Waals surface area contributed by atoms with Crippen LogP contribution in [0.1, 0.15) is 13.3 Å². The predicted octanol–water partition coefficient (Wildman–Crippen LogP) is -0.385. The number of aliphatic hydroxyl groups is 2. The predicted molar refractivity (Wildman–Crippen MR) is 42.0 cm³/mol. The Morgan fingerprint density at radius 3 is 2.09 bits per heavy atom. The van der Waals surface area contributed by atoms with E-state index in [-0.39, 0.29) is 13.2 Å². The fourth-order valence-electron chi connectivity index (χ4n) is 0.684. The van der Waals surface area contributed by atoms with E-state index in [9.17, 15) is 0 Å². The van der Waals surface area contributed by atoms with Gasteiger partial charge in [0, 0.05) is 13.1 Å². The molecule has 0 heterocycles. The van der Waals surface area contributed by atoms with Crippen LogP contribution in [0.25, 0.3) is 0 Å². The molecule has 0 spiro atoms. The standard InChI is InChI=1S/C7H17NO3/c1-2-7-11-8(3-5-9)4-6-10/h9-10H,2-7H2,1H3. The molecule has 0 aliphatic carbocycles. The number of rotatable bonds is 7. The third kappa shape index (κ3) is 6.25.